The van der Waals surface area contributed by atoms with Crippen LogP contribution in [0.3, 0.4) is 0 Å². The summed E-state index contributed by atoms with van der Waals surface area (Å²) in [5, 5.41) is 13.0. The summed E-state index contributed by atoms with van der Waals surface area (Å²) in [5.41, 5.74) is 2.33. The van der Waals surface area contributed by atoms with Gasteiger partial charge >= 0.3 is 0 Å². The zero-order valence-corrected chi connectivity index (χ0v) is 14.7. The highest BCUT2D eigenvalue weighted by molar-refractivity contribution is 5.84. The number of aromatic nitrogens is 1. The second-order valence-corrected chi connectivity index (χ2v) is 6.60. The van der Waals surface area contributed by atoms with Gasteiger partial charge in [-0.1, -0.05) is 50.8 Å². The third-order valence-corrected chi connectivity index (χ3v) is 4.53. The quantitative estimate of drug-likeness (QED) is 0.549. The summed E-state index contributed by atoms with van der Waals surface area (Å²) in [4.78, 5) is 15.5. The fourth-order valence-corrected chi connectivity index (χ4v) is 3.05. The van der Waals surface area contributed by atoms with Crippen LogP contribution in [-0.4, -0.2) is 29.1 Å². The molecule has 2 rings (SSSR count). The van der Waals surface area contributed by atoms with Crippen molar-refractivity contribution in [3.05, 3.63) is 36.0 Å². The van der Waals surface area contributed by atoms with Crippen LogP contribution >= 0.6 is 0 Å². The fraction of sp³-hybridized carbons (Fsp3) is 0.550. The zero-order chi connectivity index (χ0) is 17.2. The predicted octanol–water partition coefficient (Wildman–Crippen LogP) is 3.80. The number of aliphatic hydroxyl groups excluding tert-OH is 1. The van der Waals surface area contributed by atoms with Crippen LogP contribution in [-0.2, 0) is 11.2 Å². The van der Waals surface area contributed by atoms with Crippen molar-refractivity contribution in [2.45, 2.75) is 51.9 Å². The van der Waals surface area contributed by atoms with Crippen molar-refractivity contribution >= 4 is 16.8 Å². The van der Waals surface area contributed by atoms with Gasteiger partial charge in [0, 0.05) is 36.2 Å². The van der Waals surface area contributed by atoms with Gasteiger partial charge < -0.3 is 15.4 Å². The normalized spacial score (nSPS) is 12.4. The topological polar surface area (TPSA) is 65.1 Å². The molecular weight excluding hydrogens is 300 g/mol. The Hall–Kier alpha value is -1.81. The first-order valence-corrected chi connectivity index (χ1v) is 9.16. The molecule has 0 aliphatic carbocycles. The highest BCUT2D eigenvalue weighted by atomic mass is 16.2. The number of para-hydroxylation sites is 1. The van der Waals surface area contributed by atoms with Crippen molar-refractivity contribution in [1.29, 1.82) is 0 Å². The molecule has 1 heterocycles. The second-order valence-electron chi connectivity index (χ2n) is 6.60. The Morgan fingerprint density at radius 2 is 1.83 bits per heavy atom. The fourth-order valence-electron chi connectivity index (χ4n) is 3.05. The smallest absolute Gasteiger partial charge is 0.223 e. The highest BCUT2D eigenvalue weighted by Gasteiger charge is 2.15. The molecule has 0 fully saturated rings. The lowest BCUT2D eigenvalue weighted by Crippen LogP contribution is -2.31. The Kier molecular flexibility index (Phi) is 7.83. The first-order chi connectivity index (χ1) is 11.7. The minimum atomic E-state index is -0.0197. The van der Waals surface area contributed by atoms with Crippen LogP contribution < -0.4 is 5.32 Å². The van der Waals surface area contributed by atoms with E-state index in [2.05, 4.69) is 22.4 Å². The molecule has 0 aliphatic heterocycles. The van der Waals surface area contributed by atoms with Gasteiger partial charge in [-0.3, -0.25) is 4.79 Å². The summed E-state index contributed by atoms with van der Waals surface area (Å²) in [6, 6.07) is 8.21. The van der Waals surface area contributed by atoms with E-state index in [1.165, 1.54) is 23.8 Å². The molecule has 1 aromatic carbocycles. The summed E-state index contributed by atoms with van der Waals surface area (Å²) < 4.78 is 0. The number of fused-ring (bicyclic) bond motifs is 1. The zero-order valence-electron chi connectivity index (χ0n) is 14.7. The van der Waals surface area contributed by atoms with E-state index in [4.69, 9.17) is 5.11 Å². The van der Waals surface area contributed by atoms with Gasteiger partial charge in [0.05, 0.1) is 0 Å². The van der Waals surface area contributed by atoms with E-state index in [0.717, 1.165) is 44.2 Å². The summed E-state index contributed by atoms with van der Waals surface area (Å²) in [5.74, 6) is 0.120. The van der Waals surface area contributed by atoms with Crippen LogP contribution in [0.4, 0.5) is 0 Å². The maximum Gasteiger partial charge on any atom is 0.223 e. The molecule has 0 spiro atoms. The van der Waals surface area contributed by atoms with Crippen LogP contribution in [0.15, 0.2) is 30.5 Å². The molecule has 0 radical (unpaired) electrons. The SMILES string of the molecule is CC(Cc1c[nH]c2ccccc12)C(=O)NCCCCCCCCO. The molecule has 4 heteroatoms. The molecule has 1 aromatic heterocycles. The van der Waals surface area contributed by atoms with Crippen molar-refractivity contribution in [2.75, 3.05) is 13.2 Å². The molecule has 24 heavy (non-hydrogen) atoms. The van der Waals surface area contributed by atoms with Gasteiger partial charge in [0.1, 0.15) is 0 Å². The number of rotatable bonds is 11. The van der Waals surface area contributed by atoms with Gasteiger partial charge in [-0.2, -0.15) is 0 Å². The Balaban J connectivity index is 1.65. The second kappa shape index (κ2) is 10.1. The largest absolute Gasteiger partial charge is 0.396 e. The van der Waals surface area contributed by atoms with Gasteiger partial charge in [-0.05, 0) is 30.9 Å². The van der Waals surface area contributed by atoms with E-state index < -0.39 is 0 Å². The molecule has 1 unspecified atom stereocenters. The number of carbonyl (C=O) groups excluding carboxylic acids is 1. The molecule has 4 nitrogen and oxygen atoms in total. The number of aliphatic hydroxyl groups is 1. The lowest BCUT2D eigenvalue weighted by atomic mass is 10.00. The summed E-state index contributed by atoms with van der Waals surface area (Å²) in [7, 11) is 0. The average molecular weight is 330 g/mol. The number of amides is 1. The third kappa shape index (κ3) is 5.68. The molecule has 1 atom stereocenters. The highest BCUT2D eigenvalue weighted by Crippen LogP contribution is 2.20. The van der Waals surface area contributed by atoms with E-state index in [1.807, 2.05) is 25.3 Å². The maximum absolute atomic E-state index is 12.2. The minimum absolute atomic E-state index is 0.0197. The number of benzene rings is 1. The lowest BCUT2D eigenvalue weighted by Gasteiger charge is -2.12. The first kappa shape index (κ1) is 18.5. The molecule has 1 amide bonds. The first-order valence-electron chi connectivity index (χ1n) is 9.16. The van der Waals surface area contributed by atoms with E-state index in [0.29, 0.717) is 6.61 Å². The maximum atomic E-state index is 12.2. The summed E-state index contributed by atoms with van der Waals surface area (Å²) >= 11 is 0. The average Bonchev–Trinajstić information content (AvgIpc) is 3.00. The van der Waals surface area contributed by atoms with Crippen molar-refractivity contribution in [1.82, 2.24) is 10.3 Å². The standard InChI is InChI=1S/C20H30N2O2/c1-16(14-17-15-22-19-11-7-6-10-18(17)19)20(24)21-12-8-4-2-3-5-9-13-23/h6-7,10-11,15-16,22-23H,2-5,8-9,12-14H2,1H3,(H,21,24). The van der Waals surface area contributed by atoms with Crippen LogP contribution in [0.5, 0.6) is 0 Å². The predicted molar refractivity (Wildman–Crippen MR) is 99.0 cm³/mol. The Morgan fingerprint density at radius 1 is 1.12 bits per heavy atom. The number of nitrogens with one attached hydrogen (secondary N) is 2. The number of hydrogen-bond donors (Lipinski definition) is 3. The van der Waals surface area contributed by atoms with Crippen LogP contribution in [0.25, 0.3) is 10.9 Å². The molecule has 3 N–H and O–H groups in total. The van der Waals surface area contributed by atoms with E-state index >= 15 is 0 Å². The minimum Gasteiger partial charge on any atom is -0.396 e. The number of H-pyrrole nitrogens is 1. The van der Waals surface area contributed by atoms with Gasteiger partial charge in [0.25, 0.3) is 0 Å². The monoisotopic (exact) mass is 330 g/mol. The molecule has 132 valence electrons. The van der Waals surface area contributed by atoms with Gasteiger partial charge in [-0.15, -0.1) is 0 Å². The van der Waals surface area contributed by atoms with Crippen LogP contribution in [0.1, 0.15) is 51.0 Å². The van der Waals surface area contributed by atoms with Gasteiger partial charge in [0.15, 0.2) is 0 Å². The Bertz CT molecular complexity index is 621. The summed E-state index contributed by atoms with van der Waals surface area (Å²) in [6.45, 7) is 3.05. The molecule has 0 bridgehead atoms. The molecule has 0 saturated carbocycles. The van der Waals surface area contributed by atoms with Gasteiger partial charge in [-0.25, -0.2) is 0 Å². The van der Waals surface area contributed by atoms with E-state index in [9.17, 15) is 4.79 Å². The number of aromatic amines is 1. The van der Waals surface area contributed by atoms with E-state index in [1.54, 1.807) is 0 Å². The molecule has 0 saturated heterocycles. The molecular formula is C20H30N2O2. The summed E-state index contributed by atoms with van der Waals surface area (Å²) in [6.07, 6.45) is 9.31. The molecule has 2 aromatic rings. The van der Waals surface area contributed by atoms with E-state index in [-0.39, 0.29) is 11.8 Å². The third-order valence-electron chi connectivity index (χ3n) is 4.53. The van der Waals surface area contributed by atoms with Crippen molar-refractivity contribution in [3.63, 3.8) is 0 Å². The Labute approximate surface area is 144 Å². The Morgan fingerprint density at radius 3 is 2.62 bits per heavy atom. The number of unbranched alkanes of at least 4 members (excludes halogenated alkanes) is 5. The number of carbonyl (C=O) groups is 1. The van der Waals surface area contributed by atoms with Crippen molar-refractivity contribution in [3.8, 4) is 0 Å². The van der Waals surface area contributed by atoms with Crippen LogP contribution in [0, 0.1) is 5.92 Å². The van der Waals surface area contributed by atoms with Gasteiger partial charge in [0.2, 0.25) is 5.91 Å². The van der Waals surface area contributed by atoms with Crippen molar-refractivity contribution in [2.24, 2.45) is 5.92 Å². The lowest BCUT2D eigenvalue weighted by molar-refractivity contribution is -0.124. The van der Waals surface area contributed by atoms with Crippen molar-refractivity contribution < 1.29 is 9.90 Å². The molecule has 0 aliphatic rings. The number of hydrogen-bond acceptors (Lipinski definition) is 2. The van der Waals surface area contributed by atoms with Crippen LogP contribution in [0.2, 0.25) is 0 Å².